The molecule has 1 unspecified atom stereocenters. The van der Waals surface area contributed by atoms with Crippen LogP contribution >= 0.6 is 0 Å². The largest absolute Gasteiger partial charge is 0.497 e. The summed E-state index contributed by atoms with van der Waals surface area (Å²) in [5, 5.41) is 0. The van der Waals surface area contributed by atoms with Gasteiger partial charge in [-0.15, -0.1) is 0 Å². The number of amides is 1. The van der Waals surface area contributed by atoms with E-state index in [1.54, 1.807) is 7.11 Å². The molecule has 1 atom stereocenters. The lowest BCUT2D eigenvalue weighted by Gasteiger charge is -2.35. The van der Waals surface area contributed by atoms with Crippen molar-refractivity contribution in [1.82, 2.24) is 4.90 Å². The topological polar surface area (TPSA) is 29.5 Å². The summed E-state index contributed by atoms with van der Waals surface area (Å²) >= 11 is 0. The van der Waals surface area contributed by atoms with Crippen molar-refractivity contribution in [2.45, 2.75) is 32.4 Å². The molecule has 1 aliphatic heterocycles. The Balaban J connectivity index is 1.72. The van der Waals surface area contributed by atoms with Crippen LogP contribution in [0.2, 0.25) is 0 Å². The van der Waals surface area contributed by atoms with Gasteiger partial charge >= 0.3 is 0 Å². The van der Waals surface area contributed by atoms with Gasteiger partial charge in [0.05, 0.1) is 13.5 Å². The first-order valence-corrected chi connectivity index (χ1v) is 7.66. The van der Waals surface area contributed by atoms with Gasteiger partial charge in [0, 0.05) is 12.6 Å². The first-order chi connectivity index (χ1) is 10.7. The minimum atomic E-state index is 0.187. The number of hydrogen-bond acceptors (Lipinski definition) is 2. The Hall–Kier alpha value is -2.29. The maximum Gasteiger partial charge on any atom is 0.227 e. The summed E-state index contributed by atoms with van der Waals surface area (Å²) in [4.78, 5) is 14.6. The molecule has 0 N–H and O–H groups in total. The summed E-state index contributed by atoms with van der Waals surface area (Å²) in [6.45, 7) is 2.84. The van der Waals surface area contributed by atoms with Crippen molar-refractivity contribution in [2.24, 2.45) is 0 Å². The van der Waals surface area contributed by atoms with Crippen LogP contribution < -0.4 is 4.74 Å². The highest BCUT2D eigenvalue weighted by molar-refractivity contribution is 5.79. The molecule has 3 heteroatoms. The van der Waals surface area contributed by atoms with Gasteiger partial charge in [-0.05, 0) is 42.2 Å². The molecule has 0 saturated heterocycles. The van der Waals surface area contributed by atoms with E-state index in [1.807, 2.05) is 35.2 Å². The number of benzene rings is 2. The van der Waals surface area contributed by atoms with E-state index < -0.39 is 0 Å². The Labute approximate surface area is 131 Å². The molecule has 1 amide bonds. The van der Waals surface area contributed by atoms with E-state index in [2.05, 4.69) is 25.1 Å². The molecule has 0 spiro atoms. The van der Waals surface area contributed by atoms with Crippen LogP contribution in [0.4, 0.5) is 0 Å². The van der Waals surface area contributed by atoms with Gasteiger partial charge in [-0.25, -0.2) is 0 Å². The van der Waals surface area contributed by atoms with E-state index in [9.17, 15) is 4.79 Å². The average molecular weight is 295 g/mol. The van der Waals surface area contributed by atoms with Crippen molar-refractivity contribution in [3.05, 3.63) is 65.2 Å². The summed E-state index contributed by atoms with van der Waals surface area (Å²) in [5.41, 5.74) is 3.66. The molecular weight excluding hydrogens is 274 g/mol. The van der Waals surface area contributed by atoms with Crippen molar-refractivity contribution in [3.8, 4) is 5.75 Å². The highest BCUT2D eigenvalue weighted by Crippen LogP contribution is 2.24. The normalized spacial score (nSPS) is 17.0. The van der Waals surface area contributed by atoms with Crippen molar-refractivity contribution in [1.29, 1.82) is 0 Å². The first-order valence-electron chi connectivity index (χ1n) is 7.66. The lowest BCUT2D eigenvalue weighted by Crippen LogP contribution is -2.43. The molecule has 114 valence electrons. The summed E-state index contributed by atoms with van der Waals surface area (Å²) in [5.74, 6) is 1.00. The number of methoxy groups -OCH3 is 1. The van der Waals surface area contributed by atoms with Gasteiger partial charge in [0.25, 0.3) is 0 Å². The first kappa shape index (κ1) is 14.6. The molecule has 3 rings (SSSR count). The van der Waals surface area contributed by atoms with Gasteiger partial charge in [0.2, 0.25) is 5.91 Å². The number of ether oxygens (including phenoxy) is 1. The zero-order valence-electron chi connectivity index (χ0n) is 13.1. The summed E-state index contributed by atoms with van der Waals surface area (Å²) < 4.78 is 5.15. The Kier molecular flexibility index (Phi) is 4.14. The molecule has 0 aliphatic carbocycles. The third-order valence-electron chi connectivity index (χ3n) is 4.34. The monoisotopic (exact) mass is 295 g/mol. The Morgan fingerprint density at radius 2 is 1.82 bits per heavy atom. The van der Waals surface area contributed by atoms with Gasteiger partial charge < -0.3 is 9.64 Å². The fourth-order valence-electron chi connectivity index (χ4n) is 3.03. The Bertz CT molecular complexity index is 663. The predicted molar refractivity (Wildman–Crippen MR) is 86.9 cm³/mol. The van der Waals surface area contributed by atoms with Gasteiger partial charge in [-0.3, -0.25) is 4.79 Å². The smallest absolute Gasteiger partial charge is 0.227 e. The number of carbonyl (C=O) groups is 1. The van der Waals surface area contributed by atoms with Crippen LogP contribution in [-0.4, -0.2) is 24.0 Å². The predicted octanol–water partition coefficient (Wildman–Crippen LogP) is 3.21. The minimum Gasteiger partial charge on any atom is -0.497 e. The number of nitrogens with zero attached hydrogens (tertiary/aromatic N) is 1. The second kappa shape index (κ2) is 6.22. The fraction of sp³-hybridized carbons (Fsp3) is 0.316. The van der Waals surface area contributed by atoms with Crippen molar-refractivity contribution >= 4 is 5.91 Å². The third kappa shape index (κ3) is 2.98. The van der Waals surface area contributed by atoms with Crippen molar-refractivity contribution in [2.75, 3.05) is 7.11 Å². The summed E-state index contributed by atoms with van der Waals surface area (Å²) in [6, 6.07) is 16.4. The molecule has 2 aromatic rings. The zero-order chi connectivity index (χ0) is 15.5. The molecule has 2 aromatic carbocycles. The number of fused-ring (bicyclic) bond motifs is 1. The molecule has 3 nitrogen and oxygen atoms in total. The SMILES string of the molecule is COc1ccc(CC(=O)N2Cc3ccccc3CC2C)cc1. The number of carbonyl (C=O) groups excluding carboxylic acids is 1. The fourth-order valence-corrected chi connectivity index (χ4v) is 3.03. The molecule has 1 aliphatic rings. The van der Waals surface area contributed by atoms with Gasteiger partial charge in [-0.2, -0.15) is 0 Å². The molecule has 0 aromatic heterocycles. The Morgan fingerprint density at radius 3 is 2.50 bits per heavy atom. The molecule has 1 heterocycles. The lowest BCUT2D eigenvalue weighted by atomic mass is 9.94. The number of rotatable bonds is 3. The van der Waals surface area contributed by atoms with E-state index in [1.165, 1.54) is 11.1 Å². The van der Waals surface area contributed by atoms with Crippen LogP contribution in [0.25, 0.3) is 0 Å². The van der Waals surface area contributed by atoms with Crippen LogP contribution in [0, 0.1) is 0 Å². The van der Waals surface area contributed by atoms with Crippen LogP contribution in [0.3, 0.4) is 0 Å². The summed E-state index contributed by atoms with van der Waals surface area (Å²) in [6.07, 6.45) is 1.38. The maximum atomic E-state index is 12.6. The second-order valence-electron chi connectivity index (χ2n) is 5.87. The second-order valence-corrected chi connectivity index (χ2v) is 5.87. The van der Waals surface area contributed by atoms with E-state index >= 15 is 0 Å². The van der Waals surface area contributed by atoms with E-state index in [0.29, 0.717) is 13.0 Å². The standard InChI is InChI=1S/C19H21NO2/c1-14-11-16-5-3-4-6-17(16)13-20(14)19(21)12-15-7-9-18(22-2)10-8-15/h3-10,14H,11-13H2,1-2H3. The third-order valence-corrected chi connectivity index (χ3v) is 4.34. The Morgan fingerprint density at radius 1 is 1.14 bits per heavy atom. The minimum absolute atomic E-state index is 0.187. The highest BCUT2D eigenvalue weighted by atomic mass is 16.5. The zero-order valence-corrected chi connectivity index (χ0v) is 13.1. The molecule has 0 bridgehead atoms. The molecule has 0 saturated carbocycles. The lowest BCUT2D eigenvalue weighted by molar-refractivity contribution is -0.133. The van der Waals surface area contributed by atoms with Gasteiger partial charge in [-0.1, -0.05) is 36.4 Å². The average Bonchev–Trinajstić information content (AvgIpc) is 2.54. The number of hydrogen-bond donors (Lipinski definition) is 0. The van der Waals surface area contributed by atoms with Crippen molar-refractivity contribution in [3.63, 3.8) is 0 Å². The van der Waals surface area contributed by atoms with Gasteiger partial charge in [0.1, 0.15) is 5.75 Å². The van der Waals surface area contributed by atoms with E-state index in [-0.39, 0.29) is 11.9 Å². The quantitative estimate of drug-likeness (QED) is 0.870. The van der Waals surface area contributed by atoms with E-state index in [4.69, 9.17) is 4.74 Å². The van der Waals surface area contributed by atoms with Crippen LogP contribution in [0.1, 0.15) is 23.6 Å². The van der Waals surface area contributed by atoms with Crippen LogP contribution in [0.15, 0.2) is 48.5 Å². The van der Waals surface area contributed by atoms with E-state index in [0.717, 1.165) is 17.7 Å². The maximum absolute atomic E-state index is 12.6. The van der Waals surface area contributed by atoms with Crippen LogP contribution in [-0.2, 0) is 24.2 Å². The van der Waals surface area contributed by atoms with Gasteiger partial charge in [0.15, 0.2) is 0 Å². The van der Waals surface area contributed by atoms with Crippen molar-refractivity contribution < 1.29 is 9.53 Å². The highest BCUT2D eigenvalue weighted by Gasteiger charge is 2.26. The summed E-state index contributed by atoms with van der Waals surface area (Å²) in [7, 11) is 1.65. The molecule has 22 heavy (non-hydrogen) atoms. The molecule has 0 radical (unpaired) electrons. The molecular formula is C19H21NO2. The molecule has 0 fully saturated rings. The van der Waals surface area contributed by atoms with Crippen LogP contribution in [0.5, 0.6) is 5.75 Å².